The SMILES string of the molecule is CC(C(=O)Nc1ccc2c(c1)NC(=O)CS2)C1CNC1.Cl. The summed E-state index contributed by atoms with van der Waals surface area (Å²) in [6.07, 6.45) is 0. The Bertz CT molecular complexity index is 563. The normalized spacial score (nSPS) is 18.6. The van der Waals surface area contributed by atoms with Gasteiger partial charge in [0.25, 0.3) is 0 Å². The van der Waals surface area contributed by atoms with E-state index in [0.29, 0.717) is 11.7 Å². The van der Waals surface area contributed by atoms with Gasteiger partial charge in [0.05, 0.1) is 11.4 Å². The highest BCUT2D eigenvalue weighted by Crippen LogP contribution is 2.33. The number of anilines is 2. The van der Waals surface area contributed by atoms with E-state index in [4.69, 9.17) is 0 Å². The minimum atomic E-state index is -0.00347. The van der Waals surface area contributed by atoms with Gasteiger partial charge >= 0.3 is 0 Å². The summed E-state index contributed by atoms with van der Waals surface area (Å²) in [6, 6.07) is 5.64. The highest BCUT2D eigenvalue weighted by molar-refractivity contribution is 8.00. The first-order valence-electron chi connectivity index (χ1n) is 6.72. The summed E-state index contributed by atoms with van der Waals surface area (Å²) in [5, 5.41) is 8.93. The van der Waals surface area contributed by atoms with Crippen LogP contribution in [0.15, 0.2) is 23.1 Å². The Morgan fingerprint density at radius 1 is 1.43 bits per heavy atom. The van der Waals surface area contributed by atoms with Crippen LogP contribution in [0, 0.1) is 11.8 Å². The number of rotatable bonds is 3. The molecule has 3 N–H and O–H groups in total. The van der Waals surface area contributed by atoms with Crippen molar-refractivity contribution in [2.75, 3.05) is 29.5 Å². The Kier molecular flexibility index (Phi) is 5.13. The molecule has 21 heavy (non-hydrogen) atoms. The molecule has 2 aliphatic rings. The van der Waals surface area contributed by atoms with Gasteiger partial charge in [0.15, 0.2) is 0 Å². The van der Waals surface area contributed by atoms with Crippen LogP contribution in [-0.2, 0) is 9.59 Å². The van der Waals surface area contributed by atoms with Gasteiger partial charge in [-0.25, -0.2) is 0 Å². The number of carbonyl (C=O) groups excluding carboxylic acids is 2. The molecule has 7 heteroatoms. The molecule has 1 atom stereocenters. The molecule has 1 unspecified atom stereocenters. The highest BCUT2D eigenvalue weighted by Gasteiger charge is 2.28. The summed E-state index contributed by atoms with van der Waals surface area (Å²) in [5.41, 5.74) is 1.51. The van der Waals surface area contributed by atoms with Crippen molar-refractivity contribution >= 4 is 47.4 Å². The second-order valence-electron chi connectivity index (χ2n) is 5.24. The van der Waals surface area contributed by atoms with Gasteiger partial charge in [0.2, 0.25) is 11.8 Å². The number of halogens is 1. The van der Waals surface area contributed by atoms with Gasteiger partial charge in [-0.15, -0.1) is 24.2 Å². The molecule has 1 aromatic carbocycles. The lowest BCUT2D eigenvalue weighted by atomic mass is 9.88. The van der Waals surface area contributed by atoms with Crippen LogP contribution >= 0.6 is 24.2 Å². The first kappa shape index (κ1) is 16.1. The largest absolute Gasteiger partial charge is 0.326 e. The fraction of sp³-hybridized carbons (Fsp3) is 0.429. The minimum Gasteiger partial charge on any atom is -0.326 e. The average Bonchev–Trinajstić information content (AvgIpc) is 2.36. The maximum Gasteiger partial charge on any atom is 0.234 e. The number of thioether (sulfide) groups is 1. The standard InChI is InChI=1S/C14H17N3O2S.ClH/c1-8(9-5-15-6-9)14(19)16-10-2-3-12-11(4-10)17-13(18)7-20-12;/h2-4,8-9,15H,5-7H2,1H3,(H,16,19)(H,17,18);1H. The molecule has 2 heterocycles. The first-order chi connectivity index (χ1) is 9.63. The van der Waals surface area contributed by atoms with Crippen molar-refractivity contribution in [2.24, 2.45) is 11.8 Å². The van der Waals surface area contributed by atoms with Crippen LogP contribution in [0.4, 0.5) is 11.4 Å². The Labute approximate surface area is 134 Å². The van der Waals surface area contributed by atoms with E-state index in [0.717, 1.165) is 29.4 Å². The molecular formula is C14H18ClN3O2S. The molecule has 2 amide bonds. The molecule has 114 valence electrons. The molecule has 0 radical (unpaired) electrons. The van der Waals surface area contributed by atoms with E-state index in [2.05, 4.69) is 16.0 Å². The van der Waals surface area contributed by atoms with Crippen LogP contribution < -0.4 is 16.0 Å². The van der Waals surface area contributed by atoms with Crippen LogP contribution in [0.25, 0.3) is 0 Å². The van der Waals surface area contributed by atoms with Gasteiger partial charge in [0.1, 0.15) is 0 Å². The van der Waals surface area contributed by atoms with Crippen LogP contribution in [0.1, 0.15) is 6.92 Å². The summed E-state index contributed by atoms with van der Waals surface area (Å²) < 4.78 is 0. The van der Waals surface area contributed by atoms with E-state index >= 15 is 0 Å². The molecule has 1 aromatic rings. The average molecular weight is 328 g/mol. The Morgan fingerprint density at radius 3 is 2.86 bits per heavy atom. The molecule has 0 aromatic heterocycles. The maximum absolute atomic E-state index is 12.1. The lowest BCUT2D eigenvalue weighted by molar-refractivity contribution is -0.121. The predicted molar refractivity (Wildman–Crippen MR) is 87.2 cm³/mol. The Morgan fingerprint density at radius 2 is 2.19 bits per heavy atom. The van der Waals surface area contributed by atoms with Crippen molar-refractivity contribution in [1.29, 1.82) is 0 Å². The molecule has 5 nitrogen and oxygen atoms in total. The molecule has 0 bridgehead atoms. The molecule has 0 aliphatic carbocycles. The van der Waals surface area contributed by atoms with Gasteiger partial charge in [-0.05, 0) is 37.2 Å². The van der Waals surface area contributed by atoms with Gasteiger partial charge in [-0.3, -0.25) is 9.59 Å². The van der Waals surface area contributed by atoms with Crippen molar-refractivity contribution in [3.8, 4) is 0 Å². The van der Waals surface area contributed by atoms with Crippen LogP contribution in [0.2, 0.25) is 0 Å². The number of benzene rings is 1. The van der Waals surface area contributed by atoms with Gasteiger partial charge < -0.3 is 16.0 Å². The van der Waals surface area contributed by atoms with Gasteiger partial charge in [-0.2, -0.15) is 0 Å². The summed E-state index contributed by atoms with van der Waals surface area (Å²) in [7, 11) is 0. The number of fused-ring (bicyclic) bond motifs is 1. The van der Waals surface area contributed by atoms with Gasteiger partial charge in [0, 0.05) is 16.5 Å². The first-order valence-corrected chi connectivity index (χ1v) is 7.70. The quantitative estimate of drug-likeness (QED) is 0.793. The van der Waals surface area contributed by atoms with Crippen LogP contribution in [0.3, 0.4) is 0 Å². The lowest BCUT2D eigenvalue weighted by Crippen LogP contribution is -2.48. The zero-order valence-electron chi connectivity index (χ0n) is 11.6. The third kappa shape index (κ3) is 3.51. The molecule has 0 spiro atoms. The van der Waals surface area contributed by atoms with Crippen molar-refractivity contribution < 1.29 is 9.59 Å². The number of amides is 2. The van der Waals surface area contributed by atoms with E-state index < -0.39 is 0 Å². The summed E-state index contributed by atoms with van der Waals surface area (Å²) in [5.74, 6) is 0.898. The van der Waals surface area contributed by atoms with Gasteiger partial charge in [-0.1, -0.05) is 6.92 Å². The molecular weight excluding hydrogens is 310 g/mol. The highest BCUT2D eigenvalue weighted by atomic mass is 35.5. The fourth-order valence-electron chi connectivity index (χ4n) is 2.30. The fourth-order valence-corrected chi connectivity index (χ4v) is 3.08. The molecule has 3 rings (SSSR count). The second kappa shape index (κ2) is 6.68. The summed E-state index contributed by atoms with van der Waals surface area (Å²) >= 11 is 1.52. The van der Waals surface area contributed by atoms with Crippen molar-refractivity contribution in [3.05, 3.63) is 18.2 Å². The van der Waals surface area contributed by atoms with Crippen LogP contribution in [0.5, 0.6) is 0 Å². The van der Waals surface area contributed by atoms with E-state index in [-0.39, 0.29) is 30.1 Å². The summed E-state index contributed by atoms with van der Waals surface area (Å²) in [4.78, 5) is 24.6. The summed E-state index contributed by atoms with van der Waals surface area (Å²) in [6.45, 7) is 3.77. The number of hydrogen-bond donors (Lipinski definition) is 3. The minimum absolute atomic E-state index is 0. The number of hydrogen-bond acceptors (Lipinski definition) is 4. The number of carbonyl (C=O) groups is 2. The van der Waals surface area contributed by atoms with Crippen LogP contribution in [-0.4, -0.2) is 30.7 Å². The lowest BCUT2D eigenvalue weighted by Gasteiger charge is -2.31. The third-order valence-electron chi connectivity index (χ3n) is 3.81. The maximum atomic E-state index is 12.1. The molecule has 0 saturated carbocycles. The third-order valence-corrected chi connectivity index (χ3v) is 4.89. The van der Waals surface area contributed by atoms with Crippen molar-refractivity contribution in [3.63, 3.8) is 0 Å². The predicted octanol–water partition coefficient (Wildman–Crippen LogP) is 1.95. The van der Waals surface area contributed by atoms with E-state index in [1.807, 2.05) is 25.1 Å². The number of nitrogens with one attached hydrogen (secondary N) is 3. The zero-order chi connectivity index (χ0) is 14.1. The zero-order valence-corrected chi connectivity index (χ0v) is 13.3. The Balaban J connectivity index is 0.00000161. The van der Waals surface area contributed by atoms with E-state index in [9.17, 15) is 9.59 Å². The second-order valence-corrected chi connectivity index (χ2v) is 6.26. The monoisotopic (exact) mass is 327 g/mol. The van der Waals surface area contributed by atoms with E-state index in [1.165, 1.54) is 11.8 Å². The Hall–Kier alpha value is -1.24. The topological polar surface area (TPSA) is 70.2 Å². The van der Waals surface area contributed by atoms with E-state index in [1.54, 1.807) is 0 Å². The smallest absolute Gasteiger partial charge is 0.234 e. The molecule has 1 saturated heterocycles. The molecule has 1 fully saturated rings. The van der Waals surface area contributed by atoms with Crippen molar-refractivity contribution in [2.45, 2.75) is 11.8 Å². The van der Waals surface area contributed by atoms with Crippen molar-refractivity contribution in [1.82, 2.24) is 5.32 Å². The molecule has 2 aliphatic heterocycles.